The molecule has 1 N–H and O–H groups in total. The number of hydrogen-bond acceptors (Lipinski definition) is 3. The predicted octanol–water partition coefficient (Wildman–Crippen LogP) is 2.66. The van der Waals surface area contributed by atoms with Crippen molar-refractivity contribution in [1.82, 2.24) is 5.32 Å². The molecule has 1 aromatic rings. The van der Waals surface area contributed by atoms with Gasteiger partial charge in [0.2, 0.25) is 0 Å². The summed E-state index contributed by atoms with van der Waals surface area (Å²) in [7, 11) is 1.38. The van der Waals surface area contributed by atoms with E-state index in [1.54, 1.807) is 4.90 Å². The molecule has 5 heteroatoms. The van der Waals surface area contributed by atoms with Gasteiger partial charge in [-0.15, -0.1) is 0 Å². The molecule has 1 unspecified atom stereocenters. The number of fused-ring (bicyclic) bond motifs is 1. The summed E-state index contributed by atoms with van der Waals surface area (Å²) in [5.74, 6) is -0.271. The van der Waals surface area contributed by atoms with Crippen molar-refractivity contribution in [2.75, 3.05) is 18.6 Å². The fraction of sp³-hybridized carbons (Fsp3) is 0.500. The number of carbonyl (C=O) groups is 2. The van der Waals surface area contributed by atoms with Crippen LogP contribution in [0.4, 0.5) is 10.5 Å². The van der Waals surface area contributed by atoms with Gasteiger partial charge in [-0.05, 0) is 32.4 Å². The molecule has 0 fully saturated rings. The predicted molar refractivity (Wildman–Crippen MR) is 81.4 cm³/mol. The molecular weight excluding hydrogens is 268 g/mol. The molecule has 1 aliphatic rings. The number of amides is 2. The van der Waals surface area contributed by atoms with Crippen LogP contribution in [0.3, 0.4) is 0 Å². The van der Waals surface area contributed by atoms with Crippen LogP contribution in [0.15, 0.2) is 24.3 Å². The molecule has 1 aliphatic heterocycles. The first-order valence-electron chi connectivity index (χ1n) is 7.07. The van der Waals surface area contributed by atoms with Crippen molar-refractivity contribution in [1.29, 1.82) is 0 Å². The molecule has 2 amide bonds. The number of para-hydroxylation sites is 1. The maximum absolute atomic E-state index is 12.4. The lowest BCUT2D eigenvalue weighted by atomic mass is 9.98. The molecule has 0 bridgehead atoms. The molecule has 0 aliphatic carbocycles. The summed E-state index contributed by atoms with van der Waals surface area (Å²) >= 11 is 0. The van der Waals surface area contributed by atoms with Gasteiger partial charge in [-0.2, -0.15) is 0 Å². The molecule has 5 nitrogen and oxygen atoms in total. The van der Waals surface area contributed by atoms with E-state index in [1.807, 2.05) is 45.0 Å². The van der Waals surface area contributed by atoms with Gasteiger partial charge in [0.1, 0.15) is 0 Å². The zero-order valence-corrected chi connectivity index (χ0v) is 13.0. The van der Waals surface area contributed by atoms with Crippen molar-refractivity contribution in [2.24, 2.45) is 0 Å². The van der Waals surface area contributed by atoms with E-state index in [0.717, 1.165) is 11.3 Å². The average Bonchev–Trinajstić information content (AvgIpc) is 2.76. The Labute approximate surface area is 125 Å². The van der Waals surface area contributed by atoms with Crippen molar-refractivity contribution in [3.8, 4) is 0 Å². The largest absolute Gasteiger partial charge is 0.469 e. The molecular formula is C16H22N2O3. The van der Waals surface area contributed by atoms with Gasteiger partial charge in [0.15, 0.2) is 0 Å². The number of ether oxygens (including phenoxy) is 1. The quantitative estimate of drug-likeness (QED) is 0.852. The van der Waals surface area contributed by atoms with Crippen LogP contribution < -0.4 is 10.2 Å². The number of benzene rings is 1. The summed E-state index contributed by atoms with van der Waals surface area (Å²) < 4.78 is 4.75. The Bertz CT molecular complexity index is 549. The molecule has 0 aromatic heterocycles. The summed E-state index contributed by atoms with van der Waals surface area (Å²) in [6.45, 7) is 6.33. The zero-order valence-electron chi connectivity index (χ0n) is 13.0. The van der Waals surface area contributed by atoms with E-state index < -0.39 is 0 Å². The highest BCUT2D eigenvalue weighted by Gasteiger charge is 2.34. The number of esters is 1. The normalized spacial score (nSPS) is 17.3. The highest BCUT2D eigenvalue weighted by Crippen LogP contribution is 2.38. The maximum Gasteiger partial charge on any atom is 0.322 e. The number of nitrogens with one attached hydrogen (secondary N) is 1. The Morgan fingerprint density at radius 1 is 1.33 bits per heavy atom. The number of anilines is 1. The number of hydrogen-bond donors (Lipinski definition) is 1. The van der Waals surface area contributed by atoms with Gasteiger partial charge in [0.05, 0.1) is 13.5 Å². The number of methoxy groups -OCH3 is 1. The molecule has 0 saturated carbocycles. The highest BCUT2D eigenvalue weighted by molar-refractivity contribution is 5.95. The summed E-state index contributed by atoms with van der Waals surface area (Å²) in [5.41, 5.74) is 1.59. The van der Waals surface area contributed by atoms with E-state index in [1.165, 1.54) is 7.11 Å². The first kappa shape index (κ1) is 15.4. The van der Waals surface area contributed by atoms with Crippen LogP contribution in [0.2, 0.25) is 0 Å². The smallest absolute Gasteiger partial charge is 0.322 e. The first-order valence-corrected chi connectivity index (χ1v) is 7.07. The van der Waals surface area contributed by atoms with Crippen LogP contribution >= 0.6 is 0 Å². The van der Waals surface area contributed by atoms with Gasteiger partial charge in [-0.3, -0.25) is 9.69 Å². The van der Waals surface area contributed by atoms with E-state index in [9.17, 15) is 9.59 Å². The average molecular weight is 290 g/mol. The molecule has 0 saturated heterocycles. The molecule has 1 heterocycles. The van der Waals surface area contributed by atoms with Gasteiger partial charge in [-0.1, -0.05) is 18.2 Å². The fourth-order valence-electron chi connectivity index (χ4n) is 2.54. The summed E-state index contributed by atoms with van der Waals surface area (Å²) in [4.78, 5) is 25.7. The second kappa shape index (κ2) is 5.76. The van der Waals surface area contributed by atoms with E-state index in [4.69, 9.17) is 4.74 Å². The third-order valence-corrected chi connectivity index (χ3v) is 3.44. The Balaban J connectivity index is 2.22. The minimum Gasteiger partial charge on any atom is -0.469 e. The van der Waals surface area contributed by atoms with E-state index in [2.05, 4.69) is 5.32 Å². The van der Waals surface area contributed by atoms with E-state index in [-0.39, 0.29) is 29.9 Å². The molecule has 0 spiro atoms. The molecule has 21 heavy (non-hydrogen) atoms. The van der Waals surface area contributed by atoms with E-state index >= 15 is 0 Å². The van der Waals surface area contributed by atoms with Crippen molar-refractivity contribution in [2.45, 2.75) is 38.6 Å². The Morgan fingerprint density at radius 3 is 2.62 bits per heavy atom. The van der Waals surface area contributed by atoms with Crippen molar-refractivity contribution in [3.63, 3.8) is 0 Å². The lowest BCUT2D eigenvalue weighted by molar-refractivity contribution is -0.141. The topological polar surface area (TPSA) is 58.6 Å². The van der Waals surface area contributed by atoms with Crippen LogP contribution in [0.1, 0.15) is 38.7 Å². The summed E-state index contributed by atoms with van der Waals surface area (Å²) in [5, 5.41) is 2.96. The van der Waals surface area contributed by atoms with Gasteiger partial charge >= 0.3 is 12.0 Å². The van der Waals surface area contributed by atoms with Crippen LogP contribution in [0.5, 0.6) is 0 Å². The fourth-order valence-corrected chi connectivity index (χ4v) is 2.54. The molecule has 1 aromatic carbocycles. The molecule has 114 valence electrons. The zero-order chi connectivity index (χ0) is 15.6. The molecule has 0 radical (unpaired) electrons. The van der Waals surface area contributed by atoms with Crippen LogP contribution in [-0.2, 0) is 9.53 Å². The number of urea groups is 1. The Kier molecular flexibility index (Phi) is 4.21. The minimum absolute atomic E-state index is 0.0145. The number of nitrogens with zero attached hydrogens (tertiary/aromatic N) is 1. The van der Waals surface area contributed by atoms with E-state index in [0.29, 0.717) is 6.54 Å². The Morgan fingerprint density at radius 2 is 2.00 bits per heavy atom. The lowest BCUT2D eigenvalue weighted by Gasteiger charge is -2.26. The van der Waals surface area contributed by atoms with Crippen molar-refractivity contribution in [3.05, 3.63) is 29.8 Å². The molecule has 1 atom stereocenters. The summed E-state index contributed by atoms with van der Waals surface area (Å²) in [6.07, 6.45) is 0.285. The lowest BCUT2D eigenvalue weighted by Crippen LogP contribution is -2.48. The number of rotatable bonds is 2. The van der Waals surface area contributed by atoms with Crippen molar-refractivity contribution >= 4 is 17.7 Å². The minimum atomic E-state index is -0.299. The van der Waals surface area contributed by atoms with Gasteiger partial charge < -0.3 is 10.1 Å². The van der Waals surface area contributed by atoms with Gasteiger partial charge in [0, 0.05) is 23.7 Å². The second-order valence-electron chi connectivity index (χ2n) is 6.33. The van der Waals surface area contributed by atoms with Gasteiger partial charge in [0.25, 0.3) is 0 Å². The van der Waals surface area contributed by atoms with Crippen LogP contribution in [0, 0.1) is 0 Å². The third-order valence-electron chi connectivity index (χ3n) is 3.44. The second-order valence-corrected chi connectivity index (χ2v) is 6.33. The Hall–Kier alpha value is -2.04. The number of carbonyl (C=O) groups excluding carboxylic acids is 2. The van der Waals surface area contributed by atoms with Crippen molar-refractivity contribution < 1.29 is 14.3 Å². The SMILES string of the molecule is COC(=O)CC1CN(C(=O)NC(C)(C)C)c2ccccc21. The third kappa shape index (κ3) is 3.54. The molecule has 2 rings (SSSR count). The standard InChI is InChI=1S/C16H22N2O3/c1-16(2,3)17-15(20)18-10-11(9-14(19)21-4)12-7-5-6-8-13(12)18/h5-8,11H,9-10H2,1-4H3,(H,17,20). The van der Waals surface area contributed by atoms with Gasteiger partial charge in [-0.25, -0.2) is 4.79 Å². The monoisotopic (exact) mass is 290 g/mol. The summed E-state index contributed by atoms with van der Waals surface area (Å²) in [6, 6.07) is 7.56. The van der Waals surface area contributed by atoms with Crippen LogP contribution in [-0.4, -0.2) is 31.2 Å². The first-order chi connectivity index (χ1) is 9.81. The highest BCUT2D eigenvalue weighted by atomic mass is 16.5. The maximum atomic E-state index is 12.4. The van der Waals surface area contributed by atoms with Crippen LogP contribution in [0.25, 0.3) is 0 Å².